The van der Waals surface area contributed by atoms with E-state index in [9.17, 15) is 4.79 Å². The third-order valence-electron chi connectivity index (χ3n) is 2.93. The van der Waals surface area contributed by atoms with E-state index in [2.05, 4.69) is 32.2 Å². The van der Waals surface area contributed by atoms with E-state index in [1.165, 1.54) is 11.8 Å². The lowest BCUT2D eigenvalue weighted by molar-refractivity contribution is -0.118. The largest absolute Gasteiger partial charge is 0.352 e. The number of aromatic nitrogens is 5. The summed E-state index contributed by atoms with van der Waals surface area (Å²) >= 11 is 1.35. The summed E-state index contributed by atoms with van der Waals surface area (Å²) in [4.78, 5) is 15.9. The van der Waals surface area contributed by atoms with Crippen LogP contribution in [-0.4, -0.2) is 43.0 Å². The number of thioether (sulfide) groups is 1. The molecule has 1 N–H and O–H groups in total. The summed E-state index contributed by atoms with van der Waals surface area (Å²) in [5.41, 5.74) is 1.32. The standard InChI is InChI=1S/C15H14N6OS/c1-2-8-17-13(22)10-23-14-7-6-12-18-19-15(21(12)20-14)11-5-3-4-9-16-11/h2-7,9H,1,8,10H2,(H,17,22). The maximum absolute atomic E-state index is 11.6. The number of carbonyl (C=O) groups is 1. The summed E-state index contributed by atoms with van der Waals surface area (Å²) in [5, 5.41) is 16.1. The number of rotatable bonds is 6. The van der Waals surface area contributed by atoms with E-state index in [0.717, 1.165) is 0 Å². The normalized spacial score (nSPS) is 10.6. The van der Waals surface area contributed by atoms with Crippen molar-refractivity contribution in [1.82, 2.24) is 30.1 Å². The van der Waals surface area contributed by atoms with E-state index in [0.29, 0.717) is 28.7 Å². The molecule has 0 saturated heterocycles. The minimum absolute atomic E-state index is 0.0643. The minimum Gasteiger partial charge on any atom is -0.352 e. The number of hydrogen-bond acceptors (Lipinski definition) is 6. The van der Waals surface area contributed by atoms with Gasteiger partial charge in [-0.05, 0) is 24.3 Å². The van der Waals surface area contributed by atoms with Crippen molar-refractivity contribution >= 4 is 23.3 Å². The average Bonchev–Trinajstić information content (AvgIpc) is 3.02. The summed E-state index contributed by atoms with van der Waals surface area (Å²) in [6, 6.07) is 9.20. The first-order chi connectivity index (χ1) is 11.3. The zero-order valence-corrected chi connectivity index (χ0v) is 13.0. The van der Waals surface area contributed by atoms with Crippen LogP contribution >= 0.6 is 11.8 Å². The lowest BCUT2D eigenvalue weighted by atomic mass is 10.3. The van der Waals surface area contributed by atoms with Gasteiger partial charge in [0.15, 0.2) is 5.65 Å². The number of pyridine rings is 1. The van der Waals surface area contributed by atoms with Gasteiger partial charge in [-0.3, -0.25) is 9.78 Å². The quantitative estimate of drug-likeness (QED) is 0.547. The molecule has 0 aliphatic rings. The molecule has 1 amide bonds. The summed E-state index contributed by atoms with van der Waals surface area (Å²) < 4.78 is 1.63. The van der Waals surface area contributed by atoms with Crippen LogP contribution in [0.3, 0.4) is 0 Å². The molecule has 3 heterocycles. The first-order valence-electron chi connectivity index (χ1n) is 6.92. The number of hydrogen-bond donors (Lipinski definition) is 1. The van der Waals surface area contributed by atoms with Crippen molar-refractivity contribution in [1.29, 1.82) is 0 Å². The Morgan fingerprint density at radius 2 is 2.22 bits per heavy atom. The second-order valence-electron chi connectivity index (χ2n) is 4.56. The molecule has 0 saturated carbocycles. The van der Waals surface area contributed by atoms with Gasteiger partial charge in [0.25, 0.3) is 0 Å². The van der Waals surface area contributed by atoms with Gasteiger partial charge in [-0.1, -0.05) is 23.9 Å². The monoisotopic (exact) mass is 326 g/mol. The molecule has 23 heavy (non-hydrogen) atoms. The molecule has 0 atom stereocenters. The van der Waals surface area contributed by atoms with Gasteiger partial charge in [-0.2, -0.15) is 9.61 Å². The SMILES string of the molecule is C=CCNC(=O)CSc1ccc2nnc(-c3ccccn3)n2n1. The number of fused-ring (bicyclic) bond motifs is 1. The Kier molecular flexibility index (Phi) is 4.62. The van der Waals surface area contributed by atoms with Crippen LogP contribution in [0.25, 0.3) is 17.2 Å². The van der Waals surface area contributed by atoms with Crippen LogP contribution in [0.1, 0.15) is 0 Å². The Morgan fingerprint density at radius 1 is 1.30 bits per heavy atom. The Balaban J connectivity index is 1.81. The molecular formula is C15H14N6OS. The molecule has 0 aliphatic carbocycles. The Hall–Kier alpha value is -2.74. The van der Waals surface area contributed by atoms with Gasteiger partial charge >= 0.3 is 0 Å². The van der Waals surface area contributed by atoms with Crippen LogP contribution < -0.4 is 5.32 Å². The third-order valence-corrected chi connectivity index (χ3v) is 3.85. The maximum Gasteiger partial charge on any atom is 0.230 e. The van der Waals surface area contributed by atoms with Gasteiger partial charge < -0.3 is 5.32 Å². The molecule has 0 radical (unpaired) electrons. The first kappa shape index (κ1) is 15.2. The van der Waals surface area contributed by atoms with E-state index in [-0.39, 0.29) is 11.7 Å². The number of carbonyl (C=O) groups excluding carboxylic acids is 1. The van der Waals surface area contributed by atoms with Crippen LogP contribution in [0, 0.1) is 0 Å². The Labute approximate surface area is 136 Å². The lowest BCUT2D eigenvalue weighted by Crippen LogP contribution is -2.24. The van der Waals surface area contributed by atoms with Crippen LogP contribution in [0.2, 0.25) is 0 Å². The topological polar surface area (TPSA) is 85.1 Å². The van der Waals surface area contributed by atoms with Crippen molar-refractivity contribution in [2.24, 2.45) is 0 Å². The van der Waals surface area contributed by atoms with E-state index in [1.807, 2.05) is 30.3 Å². The summed E-state index contributed by atoms with van der Waals surface area (Å²) in [6.07, 6.45) is 3.34. The molecule has 0 fully saturated rings. The fraction of sp³-hybridized carbons (Fsp3) is 0.133. The molecule has 116 valence electrons. The van der Waals surface area contributed by atoms with E-state index >= 15 is 0 Å². The summed E-state index contributed by atoms with van der Waals surface area (Å²) in [5.74, 6) is 0.789. The van der Waals surface area contributed by atoms with Crippen molar-refractivity contribution in [3.8, 4) is 11.5 Å². The molecule has 0 aliphatic heterocycles. The molecule has 3 rings (SSSR count). The molecule has 3 aromatic heterocycles. The van der Waals surface area contributed by atoms with Crippen molar-refractivity contribution in [2.45, 2.75) is 5.03 Å². The highest BCUT2D eigenvalue weighted by atomic mass is 32.2. The van der Waals surface area contributed by atoms with Crippen LogP contribution in [0.15, 0.2) is 54.2 Å². The molecule has 0 spiro atoms. The summed E-state index contributed by atoms with van der Waals surface area (Å²) in [7, 11) is 0. The predicted molar refractivity (Wildman–Crippen MR) is 87.9 cm³/mol. The smallest absolute Gasteiger partial charge is 0.230 e. The Bertz CT molecular complexity index is 832. The van der Waals surface area contributed by atoms with Crippen LogP contribution in [0.4, 0.5) is 0 Å². The van der Waals surface area contributed by atoms with E-state index < -0.39 is 0 Å². The first-order valence-corrected chi connectivity index (χ1v) is 7.91. The van der Waals surface area contributed by atoms with Crippen molar-refractivity contribution < 1.29 is 4.79 Å². The highest BCUT2D eigenvalue weighted by molar-refractivity contribution is 7.99. The van der Waals surface area contributed by atoms with Crippen molar-refractivity contribution in [3.63, 3.8) is 0 Å². The lowest BCUT2D eigenvalue weighted by Gasteiger charge is -2.03. The van der Waals surface area contributed by atoms with Gasteiger partial charge in [-0.25, -0.2) is 0 Å². The van der Waals surface area contributed by atoms with Crippen LogP contribution in [-0.2, 0) is 4.79 Å². The van der Waals surface area contributed by atoms with Crippen LogP contribution in [0.5, 0.6) is 0 Å². The Morgan fingerprint density at radius 3 is 3.00 bits per heavy atom. The minimum atomic E-state index is -0.0643. The molecule has 7 nitrogen and oxygen atoms in total. The molecule has 3 aromatic rings. The average molecular weight is 326 g/mol. The number of amides is 1. The van der Waals surface area contributed by atoms with Gasteiger partial charge in [-0.15, -0.1) is 16.8 Å². The van der Waals surface area contributed by atoms with E-state index in [4.69, 9.17) is 0 Å². The zero-order valence-electron chi connectivity index (χ0n) is 12.2. The maximum atomic E-state index is 11.6. The van der Waals surface area contributed by atoms with Gasteiger partial charge in [0.1, 0.15) is 10.7 Å². The van der Waals surface area contributed by atoms with Crippen molar-refractivity contribution in [2.75, 3.05) is 12.3 Å². The molecule has 0 bridgehead atoms. The fourth-order valence-electron chi connectivity index (χ4n) is 1.88. The highest BCUT2D eigenvalue weighted by Crippen LogP contribution is 2.19. The van der Waals surface area contributed by atoms with E-state index in [1.54, 1.807) is 16.8 Å². The zero-order chi connectivity index (χ0) is 16.1. The summed E-state index contributed by atoms with van der Waals surface area (Å²) in [6.45, 7) is 4.02. The molecular weight excluding hydrogens is 312 g/mol. The van der Waals surface area contributed by atoms with Gasteiger partial charge in [0, 0.05) is 12.7 Å². The second kappa shape index (κ2) is 7.01. The molecule has 8 heteroatoms. The fourth-order valence-corrected chi connectivity index (χ4v) is 2.57. The predicted octanol–water partition coefficient (Wildman–Crippen LogP) is 1.58. The van der Waals surface area contributed by atoms with Gasteiger partial charge in [0.05, 0.1) is 5.75 Å². The second-order valence-corrected chi connectivity index (χ2v) is 5.56. The van der Waals surface area contributed by atoms with Crippen molar-refractivity contribution in [3.05, 3.63) is 49.2 Å². The molecule has 0 unspecified atom stereocenters. The third kappa shape index (κ3) is 3.54. The van der Waals surface area contributed by atoms with Gasteiger partial charge in [0.2, 0.25) is 11.7 Å². The number of nitrogens with one attached hydrogen (secondary N) is 1. The highest BCUT2D eigenvalue weighted by Gasteiger charge is 2.11. The number of nitrogens with zero attached hydrogens (tertiary/aromatic N) is 5. The molecule has 0 aromatic carbocycles.